The Morgan fingerprint density at radius 3 is 2.56 bits per heavy atom. The lowest BCUT2D eigenvalue weighted by Gasteiger charge is -1.98. The van der Waals surface area contributed by atoms with E-state index in [1.807, 2.05) is 13.8 Å². The van der Waals surface area contributed by atoms with Crippen LogP contribution in [0.4, 0.5) is 0 Å². The van der Waals surface area contributed by atoms with Crippen molar-refractivity contribution in [1.29, 1.82) is 0 Å². The van der Waals surface area contributed by atoms with Gasteiger partial charge in [-0.05, 0) is 27.2 Å². The van der Waals surface area contributed by atoms with Crippen LogP contribution in [0.5, 0.6) is 0 Å². The monoisotopic (exact) mass is 127 g/mol. The van der Waals surface area contributed by atoms with Gasteiger partial charge in [0.2, 0.25) is 0 Å². The van der Waals surface area contributed by atoms with Gasteiger partial charge < -0.3 is 4.74 Å². The molecule has 0 atom stereocenters. The zero-order chi connectivity index (χ0) is 7.11. The summed E-state index contributed by atoms with van der Waals surface area (Å²) in [5.41, 5.74) is 1.39. The van der Waals surface area contributed by atoms with Gasteiger partial charge >= 0.3 is 0 Å². The van der Waals surface area contributed by atoms with Gasteiger partial charge in [-0.1, -0.05) is 11.6 Å². The smallest absolute Gasteiger partial charge is 0.0806 e. The standard InChI is InChI=1S/C8H15O/c1-4-8(3)6-7-9-5-2/h4-5H,6-7H2,1-3H3/b8-4+. The van der Waals surface area contributed by atoms with Crippen molar-refractivity contribution in [3.05, 3.63) is 18.3 Å². The maximum absolute atomic E-state index is 5.04. The zero-order valence-corrected chi connectivity index (χ0v) is 6.48. The van der Waals surface area contributed by atoms with Gasteiger partial charge in [-0.25, -0.2) is 0 Å². The number of hydrogen-bond acceptors (Lipinski definition) is 1. The van der Waals surface area contributed by atoms with Crippen LogP contribution in [-0.4, -0.2) is 6.61 Å². The summed E-state index contributed by atoms with van der Waals surface area (Å²) in [5, 5.41) is 0. The number of allylic oxidation sites excluding steroid dienone is 1. The van der Waals surface area contributed by atoms with Crippen LogP contribution in [0, 0.1) is 6.61 Å². The molecule has 1 heteroatoms. The topological polar surface area (TPSA) is 9.23 Å². The Hall–Kier alpha value is -0.300. The molecule has 0 rings (SSSR count). The van der Waals surface area contributed by atoms with Gasteiger partial charge in [-0.3, -0.25) is 0 Å². The van der Waals surface area contributed by atoms with E-state index in [9.17, 15) is 0 Å². The summed E-state index contributed by atoms with van der Waals surface area (Å²) in [6.07, 6.45) is 3.15. The van der Waals surface area contributed by atoms with E-state index in [0.29, 0.717) is 0 Å². The van der Waals surface area contributed by atoms with Crippen molar-refractivity contribution >= 4 is 0 Å². The minimum atomic E-state index is 0.812. The molecule has 1 nitrogen and oxygen atoms in total. The highest BCUT2D eigenvalue weighted by Gasteiger charge is 1.86. The van der Waals surface area contributed by atoms with E-state index < -0.39 is 0 Å². The second-order valence-corrected chi connectivity index (χ2v) is 1.99. The Kier molecular flexibility index (Phi) is 5.64. The summed E-state index contributed by atoms with van der Waals surface area (Å²) in [4.78, 5) is 0. The molecule has 0 bridgehead atoms. The first kappa shape index (κ1) is 8.70. The van der Waals surface area contributed by atoms with Crippen LogP contribution >= 0.6 is 0 Å². The first-order valence-electron chi connectivity index (χ1n) is 3.32. The molecule has 9 heavy (non-hydrogen) atoms. The molecule has 1 radical (unpaired) electrons. The third kappa shape index (κ3) is 5.57. The lowest BCUT2D eigenvalue weighted by atomic mass is 10.2. The average molecular weight is 127 g/mol. The lowest BCUT2D eigenvalue weighted by molar-refractivity contribution is 0.208. The van der Waals surface area contributed by atoms with Crippen LogP contribution < -0.4 is 0 Å². The molecule has 0 aliphatic heterocycles. The van der Waals surface area contributed by atoms with Gasteiger partial charge in [0.05, 0.1) is 13.2 Å². The van der Waals surface area contributed by atoms with Gasteiger partial charge in [0.25, 0.3) is 0 Å². The summed E-state index contributed by atoms with van der Waals surface area (Å²) >= 11 is 0. The first-order valence-corrected chi connectivity index (χ1v) is 3.32. The first-order chi connectivity index (χ1) is 4.31. The van der Waals surface area contributed by atoms with E-state index >= 15 is 0 Å². The van der Waals surface area contributed by atoms with Crippen LogP contribution in [0.15, 0.2) is 11.6 Å². The van der Waals surface area contributed by atoms with E-state index in [1.54, 1.807) is 6.61 Å². The predicted octanol–water partition coefficient (Wildman–Crippen LogP) is 2.54. The molecule has 0 spiro atoms. The van der Waals surface area contributed by atoms with Gasteiger partial charge in [0, 0.05) is 0 Å². The summed E-state index contributed by atoms with van der Waals surface area (Å²) in [5.74, 6) is 0. The lowest BCUT2D eigenvalue weighted by Crippen LogP contribution is -1.89. The molecule has 0 heterocycles. The molecule has 0 saturated carbocycles. The Morgan fingerprint density at radius 2 is 2.11 bits per heavy atom. The number of hydrogen-bond donors (Lipinski definition) is 0. The highest BCUT2D eigenvalue weighted by molar-refractivity contribution is 4.94. The Bertz CT molecular complexity index is 84.6. The van der Waals surface area contributed by atoms with Crippen molar-refractivity contribution < 1.29 is 4.74 Å². The van der Waals surface area contributed by atoms with Crippen molar-refractivity contribution in [3.63, 3.8) is 0 Å². The van der Waals surface area contributed by atoms with Crippen molar-refractivity contribution in [3.8, 4) is 0 Å². The van der Waals surface area contributed by atoms with Crippen LogP contribution in [-0.2, 0) is 4.74 Å². The van der Waals surface area contributed by atoms with Crippen LogP contribution in [0.1, 0.15) is 27.2 Å². The average Bonchev–Trinajstić information content (AvgIpc) is 1.89. The fourth-order valence-corrected chi connectivity index (χ4v) is 0.482. The quantitative estimate of drug-likeness (QED) is 0.416. The Morgan fingerprint density at radius 1 is 1.44 bits per heavy atom. The van der Waals surface area contributed by atoms with Crippen LogP contribution in [0.25, 0.3) is 0 Å². The number of rotatable bonds is 4. The molecule has 0 unspecified atom stereocenters. The van der Waals surface area contributed by atoms with Crippen molar-refractivity contribution in [1.82, 2.24) is 0 Å². The molecule has 0 aliphatic carbocycles. The molecule has 0 aliphatic rings. The molecule has 0 amide bonds. The fraction of sp³-hybridized carbons (Fsp3) is 0.625. The highest BCUT2D eigenvalue weighted by atomic mass is 16.5. The zero-order valence-electron chi connectivity index (χ0n) is 6.48. The molecule has 0 aromatic carbocycles. The van der Waals surface area contributed by atoms with Gasteiger partial charge in [0.1, 0.15) is 0 Å². The highest BCUT2D eigenvalue weighted by Crippen LogP contribution is 1.98. The molecule has 0 N–H and O–H groups in total. The third-order valence-electron chi connectivity index (χ3n) is 1.27. The largest absolute Gasteiger partial charge is 0.375 e. The molecule has 0 aromatic heterocycles. The molecular formula is C8H15O. The van der Waals surface area contributed by atoms with E-state index in [1.165, 1.54) is 5.57 Å². The van der Waals surface area contributed by atoms with Crippen molar-refractivity contribution in [2.45, 2.75) is 27.2 Å². The third-order valence-corrected chi connectivity index (χ3v) is 1.27. The van der Waals surface area contributed by atoms with Crippen molar-refractivity contribution in [2.24, 2.45) is 0 Å². The summed E-state index contributed by atoms with van der Waals surface area (Å²) in [7, 11) is 0. The SMILES string of the molecule is C[CH]OCC/C(C)=C/C. The van der Waals surface area contributed by atoms with Gasteiger partial charge in [-0.2, -0.15) is 0 Å². The second kappa shape index (κ2) is 5.83. The van der Waals surface area contributed by atoms with Gasteiger partial charge in [0.15, 0.2) is 0 Å². The van der Waals surface area contributed by atoms with E-state index in [2.05, 4.69) is 13.0 Å². The van der Waals surface area contributed by atoms with E-state index in [-0.39, 0.29) is 0 Å². The Balaban J connectivity index is 3.07. The van der Waals surface area contributed by atoms with Crippen LogP contribution in [0.3, 0.4) is 0 Å². The molecule has 0 aromatic rings. The maximum Gasteiger partial charge on any atom is 0.0806 e. The molecule has 0 saturated heterocycles. The van der Waals surface area contributed by atoms with E-state index in [4.69, 9.17) is 4.74 Å². The fourth-order valence-electron chi connectivity index (χ4n) is 0.482. The normalized spacial score (nSPS) is 12.1. The molecule has 53 valence electrons. The minimum absolute atomic E-state index is 0.812. The van der Waals surface area contributed by atoms with E-state index in [0.717, 1.165) is 13.0 Å². The molecular weight excluding hydrogens is 112 g/mol. The predicted molar refractivity (Wildman–Crippen MR) is 40.0 cm³/mol. The Labute approximate surface area is 57.7 Å². The summed E-state index contributed by atoms with van der Waals surface area (Å²) < 4.78 is 5.04. The van der Waals surface area contributed by atoms with Gasteiger partial charge in [-0.15, -0.1) is 0 Å². The van der Waals surface area contributed by atoms with Crippen LogP contribution in [0.2, 0.25) is 0 Å². The molecule has 0 fully saturated rings. The van der Waals surface area contributed by atoms with Crippen molar-refractivity contribution in [2.75, 3.05) is 6.61 Å². The number of ether oxygens (including phenoxy) is 1. The summed E-state index contributed by atoms with van der Waals surface area (Å²) in [6, 6.07) is 0. The second-order valence-electron chi connectivity index (χ2n) is 1.99. The summed E-state index contributed by atoms with van der Waals surface area (Å²) in [6.45, 7) is 8.59. The minimum Gasteiger partial charge on any atom is -0.375 e. The maximum atomic E-state index is 5.04.